The number of carbonyl (C=O) groups excluding carboxylic acids is 1. The lowest BCUT2D eigenvalue weighted by Gasteiger charge is -2.26. The van der Waals surface area contributed by atoms with Gasteiger partial charge in [0.25, 0.3) is 0 Å². The predicted octanol–water partition coefficient (Wildman–Crippen LogP) is -0.0419. The smallest absolute Gasteiger partial charge is 0.336 e. The van der Waals surface area contributed by atoms with Crippen molar-refractivity contribution in [2.24, 2.45) is 0 Å². The maximum absolute atomic E-state index is 10.9. The van der Waals surface area contributed by atoms with Gasteiger partial charge >= 0.3 is 5.97 Å². The Morgan fingerprint density at radius 1 is 1.58 bits per heavy atom. The van der Waals surface area contributed by atoms with Crippen LogP contribution in [0.2, 0.25) is 0 Å². The maximum Gasteiger partial charge on any atom is 0.336 e. The standard InChI is InChI=1S/C7H13NO3.ClH/c1-5-3-8-4-6(11-5)7(9)10-2;/h5-6,8H,3-4H2,1-2H3;1H. The zero-order valence-corrected chi connectivity index (χ0v) is 8.02. The van der Waals surface area contributed by atoms with E-state index in [-0.39, 0.29) is 24.5 Å². The van der Waals surface area contributed by atoms with Crippen LogP contribution in [0.15, 0.2) is 0 Å². The maximum atomic E-state index is 10.9. The Kier molecular flexibility index (Phi) is 5.20. The summed E-state index contributed by atoms with van der Waals surface area (Å²) in [5.41, 5.74) is 0. The van der Waals surface area contributed by atoms with Gasteiger partial charge in [0.15, 0.2) is 6.10 Å². The summed E-state index contributed by atoms with van der Waals surface area (Å²) in [6, 6.07) is 0. The fourth-order valence-corrected chi connectivity index (χ4v) is 1.06. The second-order valence-electron chi connectivity index (χ2n) is 2.62. The molecule has 1 N–H and O–H groups in total. The molecule has 5 heteroatoms. The molecule has 2 atom stereocenters. The minimum absolute atomic E-state index is 0. The Morgan fingerprint density at radius 2 is 2.25 bits per heavy atom. The van der Waals surface area contributed by atoms with E-state index < -0.39 is 6.10 Å². The number of halogens is 1. The Bertz CT molecular complexity index is 154. The molecule has 0 bridgehead atoms. The topological polar surface area (TPSA) is 47.6 Å². The van der Waals surface area contributed by atoms with Crippen molar-refractivity contribution in [1.29, 1.82) is 0 Å². The van der Waals surface area contributed by atoms with E-state index in [0.717, 1.165) is 6.54 Å². The van der Waals surface area contributed by atoms with Crippen molar-refractivity contribution in [3.63, 3.8) is 0 Å². The number of esters is 1. The summed E-state index contributed by atoms with van der Waals surface area (Å²) >= 11 is 0. The molecule has 2 unspecified atom stereocenters. The molecule has 12 heavy (non-hydrogen) atoms. The van der Waals surface area contributed by atoms with Crippen molar-refractivity contribution in [3.8, 4) is 0 Å². The quantitative estimate of drug-likeness (QED) is 0.597. The summed E-state index contributed by atoms with van der Waals surface area (Å²) in [4.78, 5) is 10.9. The molecule has 4 nitrogen and oxygen atoms in total. The molecule has 1 aliphatic heterocycles. The van der Waals surface area contributed by atoms with E-state index in [1.807, 2.05) is 6.92 Å². The van der Waals surface area contributed by atoms with Gasteiger partial charge in [0.2, 0.25) is 0 Å². The minimum Gasteiger partial charge on any atom is -0.467 e. The van der Waals surface area contributed by atoms with Gasteiger partial charge in [0.1, 0.15) is 0 Å². The van der Waals surface area contributed by atoms with Crippen LogP contribution in [0.5, 0.6) is 0 Å². The van der Waals surface area contributed by atoms with Gasteiger partial charge in [-0.25, -0.2) is 4.79 Å². The van der Waals surface area contributed by atoms with Crippen LogP contribution in [0, 0.1) is 0 Å². The molecule has 1 aliphatic rings. The van der Waals surface area contributed by atoms with E-state index in [1.165, 1.54) is 7.11 Å². The fraction of sp³-hybridized carbons (Fsp3) is 0.857. The molecule has 0 saturated carbocycles. The van der Waals surface area contributed by atoms with E-state index in [2.05, 4.69) is 10.1 Å². The largest absolute Gasteiger partial charge is 0.467 e. The number of methoxy groups -OCH3 is 1. The summed E-state index contributed by atoms with van der Waals surface area (Å²) in [5, 5.41) is 3.07. The molecule has 0 radical (unpaired) electrons. The van der Waals surface area contributed by atoms with E-state index >= 15 is 0 Å². The van der Waals surface area contributed by atoms with Crippen LogP contribution in [-0.4, -0.2) is 38.4 Å². The van der Waals surface area contributed by atoms with Crippen LogP contribution in [0.25, 0.3) is 0 Å². The number of rotatable bonds is 1. The number of carbonyl (C=O) groups is 1. The Labute approximate surface area is 78.0 Å². The first-order valence-corrected chi connectivity index (χ1v) is 3.68. The first-order chi connectivity index (χ1) is 5.24. The van der Waals surface area contributed by atoms with Crippen molar-refractivity contribution in [1.82, 2.24) is 5.32 Å². The van der Waals surface area contributed by atoms with E-state index in [0.29, 0.717) is 6.54 Å². The summed E-state index contributed by atoms with van der Waals surface area (Å²) < 4.78 is 9.84. The highest BCUT2D eigenvalue weighted by Gasteiger charge is 2.25. The minimum atomic E-state index is -0.427. The predicted molar refractivity (Wildman–Crippen MR) is 46.5 cm³/mol. The molecule has 1 fully saturated rings. The van der Waals surface area contributed by atoms with Gasteiger partial charge in [-0.1, -0.05) is 0 Å². The molecule has 1 heterocycles. The average molecular weight is 196 g/mol. The molecule has 0 spiro atoms. The number of hydrogen-bond acceptors (Lipinski definition) is 4. The third-order valence-corrected chi connectivity index (χ3v) is 1.62. The van der Waals surface area contributed by atoms with Gasteiger partial charge in [0, 0.05) is 13.1 Å². The average Bonchev–Trinajstić information content (AvgIpc) is 2.03. The van der Waals surface area contributed by atoms with Gasteiger partial charge in [0.05, 0.1) is 13.2 Å². The van der Waals surface area contributed by atoms with Crippen molar-refractivity contribution >= 4 is 18.4 Å². The van der Waals surface area contributed by atoms with Crippen LogP contribution < -0.4 is 5.32 Å². The first kappa shape index (κ1) is 11.7. The Balaban J connectivity index is 0.00000121. The van der Waals surface area contributed by atoms with Crippen LogP contribution in [0.1, 0.15) is 6.92 Å². The number of ether oxygens (including phenoxy) is 2. The van der Waals surface area contributed by atoms with E-state index in [1.54, 1.807) is 0 Å². The molecule has 0 aliphatic carbocycles. The van der Waals surface area contributed by atoms with Crippen molar-refractivity contribution in [2.45, 2.75) is 19.1 Å². The Morgan fingerprint density at radius 3 is 2.75 bits per heavy atom. The van der Waals surface area contributed by atoms with Crippen molar-refractivity contribution in [2.75, 3.05) is 20.2 Å². The van der Waals surface area contributed by atoms with Crippen molar-refractivity contribution < 1.29 is 14.3 Å². The zero-order valence-electron chi connectivity index (χ0n) is 7.20. The first-order valence-electron chi connectivity index (χ1n) is 3.68. The summed E-state index contributed by atoms with van der Waals surface area (Å²) in [6.45, 7) is 3.27. The highest BCUT2D eigenvalue weighted by atomic mass is 35.5. The second-order valence-corrected chi connectivity index (χ2v) is 2.62. The number of nitrogens with one attached hydrogen (secondary N) is 1. The second kappa shape index (κ2) is 5.35. The fourth-order valence-electron chi connectivity index (χ4n) is 1.06. The number of morpholine rings is 1. The number of hydrogen-bond donors (Lipinski definition) is 1. The van der Waals surface area contributed by atoms with Gasteiger partial charge in [-0.2, -0.15) is 0 Å². The molecule has 1 saturated heterocycles. The van der Waals surface area contributed by atoms with Gasteiger partial charge in [-0.3, -0.25) is 0 Å². The zero-order chi connectivity index (χ0) is 8.27. The molecule has 0 aromatic heterocycles. The Hall–Kier alpha value is -0.320. The molecule has 0 aromatic rings. The summed E-state index contributed by atoms with van der Waals surface area (Å²) in [7, 11) is 1.37. The van der Waals surface area contributed by atoms with Crippen molar-refractivity contribution in [3.05, 3.63) is 0 Å². The third kappa shape index (κ3) is 2.97. The lowest BCUT2D eigenvalue weighted by molar-refractivity contribution is -0.159. The van der Waals surface area contributed by atoms with Gasteiger partial charge in [-0.15, -0.1) is 12.4 Å². The highest BCUT2D eigenvalue weighted by Crippen LogP contribution is 2.03. The van der Waals surface area contributed by atoms with Crippen LogP contribution in [0.3, 0.4) is 0 Å². The normalized spacial score (nSPS) is 28.8. The molecule has 0 amide bonds. The van der Waals surface area contributed by atoms with Crippen LogP contribution in [-0.2, 0) is 14.3 Å². The van der Waals surface area contributed by atoms with E-state index in [9.17, 15) is 4.79 Å². The summed E-state index contributed by atoms with van der Waals surface area (Å²) in [5.74, 6) is -0.302. The molecular weight excluding hydrogens is 182 g/mol. The van der Waals surface area contributed by atoms with Gasteiger partial charge in [-0.05, 0) is 6.92 Å². The summed E-state index contributed by atoms with van der Waals surface area (Å²) in [6.07, 6.45) is -0.336. The SMILES string of the molecule is COC(=O)C1CNCC(C)O1.Cl. The molecule has 72 valence electrons. The van der Waals surface area contributed by atoms with E-state index in [4.69, 9.17) is 4.74 Å². The monoisotopic (exact) mass is 195 g/mol. The van der Waals surface area contributed by atoms with Gasteiger partial charge < -0.3 is 14.8 Å². The molecular formula is C7H14ClNO3. The van der Waals surface area contributed by atoms with Crippen LogP contribution in [0.4, 0.5) is 0 Å². The molecule has 0 aromatic carbocycles. The lowest BCUT2D eigenvalue weighted by atomic mass is 10.2. The van der Waals surface area contributed by atoms with Crippen LogP contribution >= 0.6 is 12.4 Å². The highest BCUT2D eigenvalue weighted by molar-refractivity contribution is 5.85. The third-order valence-electron chi connectivity index (χ3n) is 1.62. The lowest BCUT2D eigenvalue weighted by Crippen LogP contribution is -2.47. The molecule has 1 rings (SSSR count).